The van der Waals surface area contributed by atoms with Gasteiger partial charge in [0, 0.05) is 31.3 Å². The average Bonchev–Trinajstić information content (AvgIpc) is 3.22. The fourth-order valence-electron chi connectivity index (χ4n) is 4.34. The molecule has 9 nitrogen and oxygen atoms in total. The Bertz CT molecular complexity index is 1490. The first-order valence-corrected chi connectivity index (χ1v) is 12.5. The molecule has 0 unspecified atom stereocenters. The summed E-state index contributed by atoms with van der Waals surface area (Å²) in [5.74, 6) is -1.43. The SMILES string of the molecule is CCCCOc1ccc(-n2c(=O)oc3c(N4CC(C(=O)OC)C4)cc(F)cc32)c(OCc2ccccc2)n1. The van der Waals surface area contributed by atoms with E-state index in [-0.39, 0.29) is 35.5 Å². The number of fused-ring (bicyclic) bond motifs is 1. The van der Waals surface area contributed by atoms with Crippen LogP contribution in [0.15, 0.2) is 63.8 Å². The van der Waals surface area contributed by atoms with Crippen molar-refractivity contribution >= 4 is 22.8 Å². The van der Waals surface area contributed by atoms with Crippen LogP contribution in [0.2, 0.25) is 0 Å². The Balaban J connectivity index is 1.54. The summed E-state index contributed by atoms with van der Waals surface area (Å²) in [5, 5.41) is 0. The molecule has 10 heteroatoms. The molecular weight excluding hydrogens is 493 g/mol. The van der Waals surface area contributed by atoms with Gasteiger partial charge in [0.1, 0.15) is 23.6 Å². The molecule has 1 aliphatic rings. The van der Waals surface area contributed by atoms with Gasteiger partial charge in [0.2, 0.25) is 11.8 Å². The van der Waals surface area contributed by atoms with Gasteiger partial charge in [-0.15, -0.1) is 0 Å². The van der Waals surface area contributed by atoms with Crippen LogP contribution in [0.4, 0.5) is 10.1 Å². The zero-order chi connectivity index (χ0) is 26.6. The third kappa shape index (κ3) is 5.06. The molecule has 0 atom stereocenters. The maximum absolute atomic E-state index is 14.8. The fourth-order valence-corrected chi connectivity index (χ4v) is 4.34. The predicted octanol–water partition coefficient (Wildman–Crippen LogP) is 4.48. The van der Waals surface area contributed by atoms with Crippen LogP contribution < -0.4 is 20.1 Å². The maximum Gasteiger partial charge on any atom is 0.424 e. The van der Waals surface area contributed by atoms with E-state index in [9.17, 15) is 14.0 Å². The number of carbonyl (C=O) groups is 1. The Kier molecular flexibility index (Phi) is 7.30. The van der Waals surface area contributed by atoms with Gasteiger partial charge in [-0.1, -0.05) is 43.7 Å². The van der Waals surface area contributed by atoms with Gasteiger partial charge in [0.15, 0.2) is 5.58 Å². The zero-order valence-corrected chi connectivity index (χ0v) is 21.2. The van der Waals surface area contributed by atoms with Crippen LogP contribution in [0.5, 0.6) is 11.8 Å². The van der Waals surface area contributed by atoms with Crippen LogP contribution in [-0.4, -0.2) is 42.3 Å². The van der Waals surface area contributed by atoms with Gasteiger partial charge in [-0.2, -0.15) is 4.98 Å². The summed E-state index contributed by atoms with van der Waals surface area (Å²) in [6.07, 6.45) is 1.84. The van der Waals surface area contributed by atoms with Crippen LogP contribution in [0.1, 0.15) is 25.3 Å². The second-order valence-corrected chi connectivity index (χ2v) is 9.05. The summed E-state index contributed by atoms with van der Waals surface area (Å²) in [6, 6.07) is 15.3. The molecule has 3 heterocycles. The molecular formula is C28H28FN3O6. The first-order chi connectivity index (χ1) is 18.5. The summed E-state index contributed by atoms with van der Waals surface area (Å²) in [5.41, 5.74) is 2.01. The molecule has 0 bridgehead atoms. The zero-order valence-electron chi connectivity index (χ0n) is 21.2. The molecule has 1 fully saturated rings. The Labute approximate surface area is 218 Å². The lowest BCUT2D eigenvalue weighted by molar-refractivity contribution is -0.146. The Morgan fingerprint density at radius 3 is 2.63 bits per heavy atom. The van der Waals surface area contributed by atoms with Crippen LogP contribution in [-0.2, 0) is 16.1 Å². The highest BCUT2D eigenvalue weighted by Gasteiger charge is 2.36. The molecule has 0 N–H and O–H groups in total. The van der Waals surface area contributed by atoms with Crippen LogP contribution in [0.25, 0.3) is 16.8 Å². The van der Waals surface area contributed by atoms with Crippen molar-refractivity contribution in [2.24, 2.45) is 5.92 Å². The van der Waals surface area contributed by atoms with Gasteiger partial charge >= 0.3 is 11.7 Å². The predicted molar refractivity (Wildman–Crippen MR) is 138 cm³/mol. The molecule has 0 amide bonds. The van der Waals surface area contributed by atoms with Crippen molar-refractivity contribution in [2.45, 2.75) is 26.4 Å². The van der Waals surface area contributed by atoms with E-state index in [1.54, 1.807) is 17.0 Å². The second kappa shape index (κ2) is 11.0. The standard InChI is InChI=1S/C28H28FN3O6/c1-3-4-12-36-24-11-10-21(26(30-24)37-17-18-8-6-5-7-9-18)32-23-14-20(29)13-22(25(23)38-28(32)34)31-15-19(16-31)27(33)35-2/h5-11,13-14,19H,3-4,12,15-17H2,1-2H3. The van der Waals surface area contributed by atoms with Gasteiger partial charge in [0.05, 0.1) is 25.3 Å². The molecule has 0 aliphatic carbocycles. The van der Waals surface area contributed by atoms with Crippen LogP contribution in [0.3, 0.4) is 0 Å². The Morgan fingerprint density at radius 1 is 1.11 bits per heavy atom. The Hall–Kier alpha value is -4.34. The number of hydrogen-bond donors (Lipinski definition) is 0. The molecule has 0 spiro atoms. The number of nitrogens with zero attached hydrogens (tertiary/aromatic N) is 3. The number of halogens is 1. The van der Waals surface area contributed by atoms with Crippen molar-refractivity contribution in [3.05, 3.63) is 76.5 Å². The van der Waals surface area contributed by atoms with Crippen molar-refractivity contribution in [1.29, 1.82) is 0 Å². The van der Waals surface area contributed by atoms with Crippen LogP contribution >= 0.6 is 0 Å². The highest BCUT2D eigenvalue weighted by atomic mass is 19.1. The molecule has 0 saturated carbocycles. The molecule has 0 radical (unpaired) electrons. The highest BCUT2D eigenvalue weighted by molar-refractivity contribution is 5.90. The minimum Gasteiger partial charge on any atom is -0.478 e. The number of carbonyl (C=O) groups excluding carboxylic acids is 1. The summed E-state index contributed by atoms with van der Waals surface area (Å²) < 4.78 is 38.2. The first-order valence-electron chi connectivity index (χ1n) is 12.5. The molecule has 5 rings (SSSR count). The average molecular weight is 522 g/mol. The van der Waals surface area contributed by atoms with Gasteiger partial charge in [-0.3, -0.25) is 4.79 Å². The normalized spacial score (nSPS) is 13.4. The third-order valence-corrected chi connectivity index (χ3v) is 6.41. The number of ether oxygens (including phenoxy) is 3. The number of benzene rings is 2. The molecule has 1 aliphatic heterocycles. The van der Waals surface area contributed by atoms with E-state index in [0.29, 0.717) is 37.0 Å². The summed E-state index contributed by atoms with van der Waals surface area (Å²) >= 11 is 0. The van der Waals surface area contributed by atoms with E-state index in [1.807, 2.05) is 30.3 Å². The molecule has 2 aromatic heterocycles. The number of hydrogen-bond acceptors (Lipinski definition) is 8. The lowest BCUT2D eigenvalue weighted by atomic mass is 9.99. The molecule has 38 heavy (non-hydrogen) atoms. The minimum atomic E-state index is -0.720. The van der Waals surface area contributed by atoms with Crippen LogP contribution in [0, 0.1) is 11.7 Å². The fraction of sp³-hybridized carbons (Fsp3) is 0.321. The maximum atomic E-state index is 14.8. The van der Waals surface area contributed by atoms with Gasteiger partial charge in [-0.25, -0.2) is 13.8 Å². The second-order valence-electron chi connectivity index (χ2n) is 9.05. The monoisotopic (exact) mass is 521 g/mol. The molecule has 198 valence electrons. The number of unbranched alkanes of at least 4 members (excludes halogenated alkanes) is 1. The minimum absolute atomic E-state index is 0.146. The number of rotatable bonds is 10. The van der Waals surface area contributed by atoms with E-state index >= 15 is 0 Å². The lowest BCUT2D eigenvalue weighted by Gasteiger charge is -2.38. The van der Waals surface area contributed by atoms with Gasteiger partial charge in [-0.05, 0) is 18.1 Å². The summed E-state index contributed by atoms with van der Waals surface area (Å²) in [6.45, 7) is 3.42. The van der Waals surface area contributed by atoms with E-state index in [1.165, 1.54) is 23.8 Å². The topological polar surface area (TPSA) is 96.0 Å². The third-order valence-electron chi connectivity index (χ3n) is 6.41. The van der Waals surface area contributed by atoms with Gasteiger partial charge < -0.3 is 23.5 Å². The van der Waals surface area contributed by atoms with Gasteiger partial charge in [0.25, 0.3) is 0 Å². The van der Waals surface area contributed by atoms with E-state index < -0.39 is 11.6 Å². The Morgan fingerprint density at radius 2 is 1.89 bits per heavy atom. The molecule has 2 aromatic carbocycles. The van der Waals surface area contributed by atoms with E-state index in [4.69, 9.17) is 18.6 Å². The number of methoxy groups -OCH3 is 1. The number of anilines is 1. The highest BCUT2D eigenvalue weighted by Crippen LogP contribution is 2.35. The van der Waals surface area contributed by atoms with Crippen molar-refractivity contribution in [3.63, 3.8) is 0 Å². The summed E-state index contributed by atoms with van der Waals surface area (Å²) in [4.78, 5) is 31.2. The molecule has 1 saturated heterocycles. The number of aromatic nitrogens is 2. The number of esters is 1. The largest absolute Gasteiger partial charge is 0.478 e. The number of oxazole rings is 1. The number of pyridine rings is 1. The van der Waals surface area contributed by atoms with Crippen molar-refractivity contribution < 1.29 is 27.8 Å². The summed E-state index contributed by atoms with van der Waals surface area (Å²) in [7, 11) is 1.33. The van der Waals surface area contributed by atoms with Crippen molar-refractivity contribution in [2.75, 3.05) is 31.7 Å². The van der Waals surface area contributed by atoms with E-state index in [0.717, 1.165) is 18.4 Å². The first kappa shape index (κ1) is 25.3. The quantitative estimate of drug-likeness (QED) is 0.223. The smallest absolute Gasteiger partial charge is 0.424 e. The van der Waals surface area contributed by atoms with E-state index in [2.05, 4.69) is 11.9 Å². The van der Waals surface area contributed by atoms with Crippen molar-refractivity contribution in [3.8, 4) is 17.4 Å². The molecule has 4 aromatic rings. The van der Waals surface area contributed by atoms with Crippen molar-refractivity contribution in [1.82, 2.24) is 9.55 Å². The lowest BCUT2D eigenvalue weighted by Crippen LogP contribution is -2.51.